The topological polar surface area (TPSA) is 70.4 Å². The number of aromatic nitrogens is 2. The standard InChI is InChI=1S/C14H23N4O3P/c1-16-12(19)10-15-14(16)13(11-4-2-3-5-11)21-22(20,17-6-7-17)18-8-9-18/h10-11,13,19H,2-9H2,1H3. The summed E-state index contributed by atoms with van der Waals surface area (Å²) in [5, 5.41) is 9.83. The molecule has 1 aliphatic carbocycles. The molecule has 3 heterocycles. The summed E-state index contributed by atoms with van der Waals surface area (Å²) >= 11 is 0. The first kappa shape index (κ1) is 14.7. The summed E-state index contributed by atoms with van der Waals surface area (Å²) in [6.45, 7) is 3.38. The van der Waals surface area contributed by atoms with Gasteiger partial charge in [0.25, 0.3) is 0 Å². The third-order valence-corrected chi connectivity index (χ3v) is 7.63. The van der Waals surface area contributed by atoms with Gasteiger partial charge in [-0.25, -0.2) is 14.3 Å². The van der Waals surface area contributed by atoms with Crippen molar-refractivity contribution in [3.63, 3.8) is 0 Å². The van der Waals surface area contributed by atoms with E-state index in [-0.39, 0.29) is 12.0 Å². The molecule has 7 nitrogen and oxygen atoms in total. The molecule has 1 aromatic heterocycles. The monoisotopic (exact) mass is 326 g/mol. The molecule has 2 aliphatic heterocycles. The Morgan fingerprint density at radius 1 is 1.27 bits per heavy atom. The van der Waals surface area contributed by atoms with E-state index in [4.69, 9.17) is 4.52 Å². The maximum atomic E-state index is 13.3. The first-order chi connectivity index (χ1) is 10.6. The molecule has 1 aromatic rings. The van der Waals surface area contributed by atoms with Gasteiger partial charge in [0, 0.05) is 33.2 Å². The Bertz CT molecular complexity index is 589. The van der Waals surface area contributed by atoms with Gasteiger partial charge in [-0.05, 0) is 18.8 Å². The highest BCUT2D eigenvalue weighted by atomic mass is 31.2. The lowest BCUT2D eigenvalue weighted by Gasteiger charge is -2.29. The zero-order chi connectivity index (χ0) is 15.3. The highest BCUT2D eigenvalue weighted by molar-refractivity contribution is 7.54. The summed E-state index contributed by atoms with van der Waals surface area (Å²) in [5.74, 6) is 1.14. The average molecular weight is 326 g/mol. The summed E-state index contributed by atoms with van der Waals surface area (Å²) in [6.07, 6.45) is 5.63. The molecule has 1 atom stereocenters. The van der Waals surface area contributed by atoms with Gasteiger partial charge in [-0.15, -0.1) is 0 Å². The molecule has 4 rings (SSSR count). The quantitative estimate of drug-likeness (QED) is 0.638. The average Bonchev–Trinajstić information content (AvgIpc) is 3.43. The van der Waals surface area contributed by atoms with Crippen LogP contribution in [0.5, 0.6) is 5.88 Å². The molecule has 22 heavy (non-hydrogen) atoms. The fourth-order valence-corrected chi connectivity index (χ4v) is 5.71. The Labute approximate surface area is 130 Å². The van der Waals surface area contributed by atoms with Crippen LogP contribution in [0.1, 0.15) is 37.6 Å². The zero-order valence-electron chi connectivity index (χ0n) is 12.9. The van der Waals surface area contributed by atoms with Gasteiger partial charge in [-0.2, -0.15) is 0 Å². The number of nitrogens with zero attached hydrogens (tertiary/aromatic N) is 4. The van der Waals surface area contributed by atoms with Crippen molar-refractivity contribution in [3.05, 3.63) is 12.0 Å². The molecular weight excluding hydrogens is 303 g/mol. The van der Waals surface area contributed by atoms with Gasteiger partial charge in [0.15, 0.2) is 0 Å². The third kappa shape index (κ3) is 2.50. The summed E-state index contributed by atoms with van der Waals surface area (Å²) in [4.78, 5) is 4.33. The fourth-order valence-electron chi connectivity index (χ4n) is 3.34. The van der Waals surface area contributed by atoms with E-state index in [1.807, 2.05) is 9.34 Å². The lowest BCUT2D eigenvalue weighted by atomic mass is 10.0. The molecule has 0 spiro atoms. The molecule has 0 aromatic carbocycles. The summed E-state index contributed by atoms with van der Waals surface area (Å²) in [5.41, 5.74) is 0. The van der Waals surface area contributed by atoms with E-state index < -0.39 is 7.67 Å². The van der Waals surface area contributed by atoms with Gasteiger partial charge in [-0.1, -0.05) is 12.8 Å². The van der Waals surface area contributed by atoms with Crippen LogP contribution in [-0.4, -0.2) is 50.2 Å². The Morgan fingerprint density at radius 3 is 2.32 bits per heavy atom. The Hall–Kier alpha value is -0.880. The van der Waals surface area contributed by atoms with Crippen molar-refractivity contribution in [2.45, 2.75) is 31.8 Å². The van der Waals surface area contributed by atoms with Crippen LogP contribution in [0.15, 0.2) is 6.20 Å². The predicted molar refractivity (Wildman–Crippen MR) is 81.4 cm³/mol. The summed E-state index contributed by atoms with van der Waals surface area (Å²) in [6, 6.07) is 0. The summed E-state index contributed by atoms with van der Waals surface area (Å²) in [7, 11) is -1.11. The van der Waals surface area contributed by atoms with Crippen molar-refractivity contribution in [1.82, 2.24) is 18.9 Å². The number of imidazole rings is 1. The lowest BCUT2D eigenvalue weighted by molar-refractivity contribution is 0.112. The van der Waals surface area contributed by atoms with Crippen LogP contribution in [0, 0.1) is 5.92 Å². The van der Waals surface area contributed by atoms with Crippen LogP contribution in [0.2, 0.25) is 0 Å². The van der Waals surface area contributed by atoms with Crippen LogP contribution < -0.4 is 0 Å². The molecule has 0 amide bonds. The Kier molecular flexibility index (Phi) is 3.57. The lowest BCUT2D eigenvalue weighted by Crippen LogP contribution is -2.20. The second-order valence-corrected chi connectivity index (χ2v) is 8.83. The maximum Gasteiger partial charge on any atom is 0.346 e. The van der Waals surface area contributed by atoms with Crippen LogP contribution in [0.4, 0.5) is 0 Å². The Morgan fingerprint density at radius 2 is 1.86 bits per heavy atom. The first-order valence-corrected chi connectivity index (χ1v) is 9.62. The molecule has 8 heteroatoms. The molecule has 0 radical (unpaired) electrons. The largest absolute Gasteiger partial charge is 0.493 e. The molecule has 3 aliphatic rings. The van der Waals surface area contributed by atoms with Crippen LogP contribution >= 0.6 is 7.67 Å². The molecule has 3 fully saturated rings. The van der Waals surface area contributed by atoms with Crippen LogP contribution in [-0.2, 0) is 16.1 Å². The van der Waals surface area contributed by atoms with Gasteiger partial charge in [0.2, 0.25) is 5.88 Å². The van der Waals surface area contributed by atoms with E-state index in [0.29, 0.717) is 11.7 Å². The van der Waals surface area contributed by atoms with Crippen molar-refractivity contribution >= 4 is 7.67 Å². The SMILES string of the molecule is Cn1c(O)cnc1C(OP(=O)(N1CC1)N1CC1)C1CCCC1. The number of rotatable bonds is 6. The predicted octanol–water partition coefficient (Wildman–Crippen LogP) is 2.11. The van der Waals surface area contributed by atoms with E-state index >= 15 is 0 Å². The second kappa shape index (κ2) is 5.34. The highest BCUT2D eigenvalue weighted by Crippen LogP contribution is 2.64. The molecule has 1 saturated carbocycles. The van der Waals surface area contributed by atoms with Gasteiger partial charge in [-0.3, -0.25) is 9.09 Å². The molecule has 0 bridgehead atoms. The second-order valence-electron chi connectivity index (χ2n) is 6.50. The zero-order valence-corrected chi connectivity index (χ0v) is 13.8. The normalized spacial score (nSPS) is 24.8. The van der Waals surface area contributed by atoms with Gasteiger partial charge in [0.1, 0.15) is 11.9 Å². The van der Waals surface area contributed by atoms with E-state index in [0.717, 1.165) is 39.0 Å². The third-order valence-electron chi connectivity index (χ3n) is 4.90. The number of hydrogen-bond acceptors (Lipinski definition) is 4. The van der Waals surface area contributed by atoms with Crippen molar-refractivity contribution < 1.29 is 14.2 Å². The van der Waals surface area contributed by atoms with Gasteiger partial charge >= 0.3 is 7.67 Å². The Balaban J connectivity index is 1.65. The minimum Gasteiger partial charge on any atom is -0.493 e. The van der Waals surface area contributed by atoms with Crippen molar-refractivity contribution in [1.29, 1.82) is 0 Å². The molecule has 122 valence electrons. The van der Waals surface area contributed by atoms with E-state index in [1.54, 1.807) is 11.6 Å². The fraction of sp³-hybridized carbons (Fsp3) is 0.786. The van der Waals surface area contributed by atoms with E-state index in [9.17, 15) is 9.67 Å². The van der Waals surface area contributed by atoms with Crippen molar-refractivity contribution in [2.24, 2.45) is 13.0 Å². The van der Waals surface area contributed by atoms with Crippen molar-refractivity contribution in [2.75, 3.05) is 26.2 Å². The molecule has 1 N–H and O–H groups in total. The summed E-state index contributed by atoms with van der Waals surface area (Å²) < 4.78 is 25.1. The van der Waals surface area contributed by atoms with E-state index in [2.05, 4.69) is 4.98 Å². The smallest absolute Gasteiger partial charge is 0.346 e. The minimum atomic E-state index is -2.89. The first-order valence-electron chi connectivity index (χ1n) is 8.09. The molecular formula is C14H23N4O3P. The minimum absolute atomic E-state index is 0.120. The molecule has 1 unspecified atom stereocenters. The van der Waals surface area contributed by atoms with Crippen molar-refractivity contribution in [3.8, 4) is 5.88 Å². The highest BCUT2D eigenvalue weighted by Gasteiger charge is 2.52. The van der Waals surface area contributed by atoms with Crippen LogP contribution in [0.25, 0.3) is 0 Å². The van der Waals surface area contributed by atoms with E-state index in [1.165, 1.54) is 19.0 Å². The number of hydrogen-bond donors (Lipinski definition) is 1. The van der Waals surface area contributed by atoms with Crippen LogP contribution in [0.3, 0.4) is 0 Å². The van der Waals surface area contributed by atoms with Gasteiger partial charge in [0.05, 0.1) is 6.20 Å². The van der Waals surface area contributed by atoms with Gasteiger partial charge < -0.3 is 9.67 Å². The maximum absolute atomic E-state index is 13.3. The molecule has 2 saturated heterocycles. The number of aromatic hydroxyl groups is 1.